The minimum atomic E-state index is -0.339. The standard InChI is InChI=1S/C14H15ClN4O/c1-2-7-19-14(20)13(15)12(9-18-19)17-8-10-3-5-11(16)6-4-10/h2-6,9,17H,1,7-8,16H2. The molecule has 2 rings (SSSR count). The Morgan fingerprint density at radius 2 is 2.10 bits per heavy atom. The van der Waals surface area contributed by atoms with E-state index in [1.165, 1.54) is 10.9 Å². The van der Waals surface area contributed by atoms with Gasteiger partial charge in [0, 0.05) is 12.2 Å². The summed E-state index contributed by atoms with van der Waals surface area (Å²) in [6.07, 6.45) is 3.12. The zero-order chi connectivity index (χ0) is 14.5. The third kappa shape index (κ3) is 3.19. The summed E-state index contributed by atoms with van der Waals surface area (Å²) < 4.78 is 1.25. The van der Waals surface area contributed by atoms with E-state index in [4.69, 9.17) is 17.3 Å². The maximum Gasteiger partial charge on any atom is 0.287 e. The predicted octanol–water partition coefficient (Wildman–Crippen LogP) is 2.28. The first kappa shape index (κ1) is 14.1. The van der Waals surface area contributed by atoms with Crippen molar-refractivity contribution in [3.8, 4) is 0 Å². The molecule has 0 saturated heterocycles. The van der Waals surface area contributed by atoms with Gasteiger partial charge in [-0.25, -0.2) is 4.68 Å². The van der Waals surface area contributed by atoms with Gasteiger partial charge in [0.25, 0.3) is 5.56 Å². The van der Waals surface area contributed by atoms with Gasteiger partial charge in [-0.05, 0) is 17.7 Å². The maximum atomic E-state index is 11.9. The van der Waals surface area contributed by atoms with E-state index >= 15 is 0 Å². The number of halogens is 1. The highest BCUT2D eigenvalue weighted by molar-refractivity contribution is 6.32. The topological polar surface area (TPSA) is 72.9 Å². The van der Waals surface area contributed by atoms with Gasteiger partial charge in [0.05, 0.1) is 18.4 Å². The molecule has 5 nitrogen and oxygen atoms in total. The van der Waals surface area contributed by atoms with Crippen LogP contribution in [0.3, 0.4) is 0 Å². The molecule has 0 saturated carbocycles. The second-order valence-corrected chi connectivity index (χ2v) is 4.62. The van der Waals surface area contributed by atoms with Gasteiger partial charge < -0.3 is 11.1 Å². The van der Waals surface area contributed by atoms with Crippen LogP contribution in [0.5, 0.6) is 0 Å². The Morgan fingerprint density at radius 3 is 2.75 bits per heavy atom. The lowest BCUT2D eigenvalue weighted by Crippen LogP contribution is -2.23. The number of nitrogen functional groups attached to an aromatic ring is 1. The Labute approximate surface area is 121 Å². The molecule has 0 amide bonds. The summed E-state index contributed by atoms with van der Waals surface area (Å²) in [5, 5.41) is 7.23. The van der Waals surface area contributed by atoms with E-state index in [1.807, 2.05) is 24.3 Å². The zero-order valence-electron chi connectivity index (χ0n) is 10.8. The van der Waals surface area contributed by atoms with E-state index < -0.39 is 0 Å². The molecule has 104 valence electrons. The van der Waals surface area contributed by atoms with Crippen LogP contribution in [0.25, 0.3) is 0 Å². The molecule has 1 aromatic carbocycles. The molecule has 0 spiro atoms. The second kappa shape index (κ2) is 6.25. The van der Waals surface area contributed by atoms with Crippen LogP contribution in [-0.2, 0) is 13.1 Å². The van der Waals surface area contributed by atoms with E-state index in [9.17, 15) is 4.79 Å². The van der Waals surface area contributed by atoms with Gasteiger partial charge in [0.1, 0.15) is 5.02 Å². The number of aromatic nitrogens is 2. The summed E-state index contributed by atoms with van der Waals surface area (Å²) in [5.41, 5.74) is 7.53. The van der Waals surface area contributed by atoms with Crippen molar-refractivity contribution in [1.82, 2.24) is 9.78 Å². The summed E-state index contributed by atoms with van der Waals surface area (Å²) in [6.45, 7) is 4.43. The molecule has 0 radical (unpaired) electrons. The fraction of sp³-hybridized carbons (Fsp3) is 0.143. The van der Waals surface area contributed by atoms with Crippen LogP contribution in [0.2, 0.25) is 5.02 Å². The van der Waals surface area contributed by atoms with Crippen molar-refractivity contribution in [2.75, 3.05) is 11.1 Å². The molecule has 0 aliphatic heterocycles. The Kier molecular flexibility index (Phi) is 4.42. The van der Waals surface area contributed by atoms with Crippen LogP contribution in [0, 0.1) is 0 Å². The molecule has 1 aromatic heterocycles. The smallest absolute Gasteiger partial charge is 0.287 e. The van der Waals surface area contributed by atoms with E-state index in [0.29, 0.717) is 24.5 Å². The molecule has 0 fully saturated rings. The monoisotopic (exact) mass is 290 g/mol. The molecule has 1 heterocycles. The Balaban J connectivity index is 2.14. The lowest BCUT2D eigenvalue weighted by molar-refractivity contribution is 0.653. The van der Waals surface area contributed by atoms with Crippen molar-refractivity contribution in [3.63, 3.8) is 0 Å². The van der Waals surface area contributed by atoms with Gasteiger partial charge in [-0.15, -0.1) is 6.58 Å². The van der Waals surface area contributed by atoms with Crippen molar-refractivity contribution in [2.24, 2.45) is 0 Å². The van der Waals surface area contributed by atoms with E-state index in [0.717, 1.165) is 5.56 Å². The van der Waals surface area contributed by atoms with Crippen molar-refractivity contribution in [3.05, 3.63) is 64.1 Å². The Hall–Kier alpha value is -2.27. The molecule has 0 aliphatic carbocycles. The molecule has 0 unspecified atom stereocenters. The number of nitrogens with two attached hydrogens (primary N) is 1. The van der Waals surface area contributed by atoms with Crippen LogP contribution >= 0.6 is 11.6 Å². The highest BCUT2D eigenvalue weighted by atomic mass is 35.5. The number of hydrogen-bond acceptors (Lipinski definition) is 4. The van der Waals surface area contributed by atoms with E-state index in [-0.39, 0.29) is 10.6 Å². The third-order valence-corrected chi connectivity index (χ3v) is 3.11. The Bertz CT molecular complexity index is 664. The number of anilines is 2. The van der Waals surface area contributed by atoms with Gasteiger partial charge in [0.15, 0.2) is 0 Å². The average Bonchev–Trinajstić information content (AvgIpc) is 2.45. The largest absolute Gasteiger partial charge is 0.399 e. The first-order chi connectivity index (χ1) is 9.61. The lowest BCUT2D eigenvalue weighted by Gasteiger charge is -2.09. The number of allylic oxidation sites excluding steroid dienone is 1. The van der Waals surface area contributed by atoms with Crippen molar-refractivity contribution in [1.29, 1.82) is 0 Å². The van der Waals surface area contributed by atoms with Crippen LogP contribution in [0.15, 0.2) is 47.9 Å². The molecule has 0 aliphatic rings. The normalized spacial score (nSPS) is 10.2. The molecule has 3 N–H and O–H groups in total. The summed E-state index contributed by atoms with van der Waals surface area (Å²) in [7, 11) is 0. The number of nitrogens with zero attached hydrogens (tertiary/aromatic N) is 2. The van der Waals surface area contributed by atoms with Gasteiger partial charge in [-0.3, -0.25) is 4.79 Å². The third-order valence-electron chi connectivity index (χ3n) is 2.75. The number of nitrogens with one attached hydrogen (secondary N) is 1. The van der Waals surface area contributed by atoms with E-state index in [2.05, 4.69) is 17.0 Å². The first-order valence-corrected chi connectivity index (χ1v) is 6.44. The van der Waals surface area contributed by atoms with Crippen LogP contribution in [-0.4, -0.2) is 9.78 Å². The minimum absolute atomic E-state index is 0.122. The van der Waals surface area contributed by atoms with Crippen molar-refractivity contribution >= 4 is 23.0 Å². The van der Waals surface area contributed by atoms with Gasteiger partial charge in [0.2, 0.25) is 0 Å². The average molecular weight is 291 g/mol. The Morgan fingerprint density at radius 1 is 1.40 bits per heavy atom. The van der Waals surface area contributed by atoms with Crippen molar-refractivity contribution < 1.29 is 0 Å². The number of hydrogen-bond donors (Lipinski definition) is 2. The van der Waals surface area contributed by atoms with Crippen LogP contribution in [0.1, 0.15) is 5.56 Å². The molecule has 0 bridgehead atoms. The van der Waals surface area contributed by atoms with E-state index in [1.54, 1.807) is 6.08 Å². The van der Waals surface area contributed by atoms with Crippen molar-refractivity contribution in [2.45, 2.75) is 13.1 Å². The quantitative estimate of drug-likeness (QED) is 0.654. The highest BCUT2D eigenvalue weighted by Gasteiger charge is 2.08. The molecular formula is C14H15ClN4O. The fourth-order valence-electron chi connectivity index (χ4n) is 1.67. The fourth-order valence-corrected chi connectivity index (χ4v) is 1.89. The van der Waals surface area contributed by atoms with Crippen LogP contribution in [0.4, 0.5) is 11.4 Å². The maximum absolute atomic E-state index is 11.9. The second-order valence-electron chi connectivity index (χ2n) is 4.24. The molecule has 2 aromatic rings. The lowest BCUT2D eigenvalue weighted by atomic mass is 10.2. The summed E-state index contributed by atoms with van der Waals surface area (Å²) in [4.78, 5) is 11.9. The number of benzene rings is 1. The SMILES string of the molecule is C=CCn1ncc(NCc2ccc(N)cc2)c(Cl)c1=O. The zero-order valence-corrected chi connectivity index (χ0v) is 11.6. The van der Waals surface area contributed by atoms with Gasteiger partial charge in [-0.2, -0.15) is 5.10 Å². The predicted molar refractivity (Wildman–Crippen MR) is 81.9 cm³/mol. The highest BCUT2D eigenvalue weighted by Crippen LogP contribution is 2.16. The van der Waals surface area contributed by atoms with Crippen LogP contribution < -0.4 is 16.6 Å². The number of rotatable bonds is 5. The molecular weight excluding hydrogens is 276 g/mol. The molecule has 6 heteroatoms. The van der Waals surface area contributed by atoms with Gasteiger partial charge in [-0.1, -0.05) is 29.8 Å². The summed E-state index contributed by atoms with van der Waals surface area (Å²) >= 11 is 6.04. The summed E-state index contributed by atoms with van der Waals surface area (Å²) in [5.74, 6) is 0. The molecule has 20 heavy (non-hydrogen) atoms. The summed E-state index contributed by atoms with van der Waals surface area (Å²) in [6, 6.07) is 7.45. The van der Waals surface area contributed by atoms with Gasteiger partial charge >= 0.3 is 0 Å². The molecule has 0 atom stereocenters. The minimum Gasteiger partial charge on any atom is -0.399 e. The first-order valence-electron chi connectivity index (χ1n) is 6.06.